The Balaban J connectivity index is 0.000000183. The molecular formula is C24H23N6Pt-. The van der Waals surface area contributed by atoms with Crippen molar-refractivity contribution in [3.8, 4) is 11.4 Å². The van der Waals surface area contributed by atoms with Crippen LogP contribution in [-0.2, 0) is 27.6 Å². The van der Waals surface area contributed by atoms with Crippen LogP contribution in [0.1, 0.15) is 13.8 Å². The predicted molar refractivity (Wildman–Crippen MR) is 121 cm³/mol. The zero-order chi connectivity index (χ0) is 20.9. The molecular weight excluding hydrogens is 567 g/mol. The van der Waals surface area contributed by atoms with E-state index >= 15 is 0 Å². The molecule has 0 atom stereocenters. The quantitative estimate of drug-likeness (QED) is 0.256. The standard InChI is InChI=1S/C14H15N4.C10H8N2.Pt/c1-9(2)7-18-8-16-12-13(18)10-5-3-4-6-11(10)17-14(12)15;1-3-7-11-9(5-1)10-6-2-4-8-12-10;/h3-6,8-9H,7H2,1-2H3,(H-,15,17);1-8H;/q-1;;. The smallest absolute Gasteiger partial charge is 0.0958 e. The Kier molecular flexibility index (Phi) is 7.48. The molecule has 5 aromatic rings. The number of nitrogens with zero attached hydrogens (tertiary/aromatic N) is 5. The van der Waals surface area contributed by atoms with Gasteiger partial charge >= 0.3 is 0 Å². The van der Waals surface area contributed by atoms with Crippen LogP contribution in [0.5, 0.6) is 0 Å². The Hall–Kier alpha value is -3.11. The van der Waals surface area contributed by atoms with Crippen molar-refractivity contribution in [2.75, 3.05) is 0 Å². The van der Waals surface area contributed by atoms with Gasteiger partial charge in [-0.25, -0.2) is 4.98 Å². The summed E-state index contributed by atoms with van der Waals surface area (Å²) >= 11 is 0. The van der Waals surface area contributed by atoms with Crippen LogP contribution in [-0.4, -0.2) is 24.5 Å². The SMILES string of the molecule is CC(C)Cn1cnc2c([NH-])nc3ccccc3c21.[Pt].c1ccc(-c2ccccn2)nc1. The van der Waals surface area contributed by atoms with Gasteiger partial charge in [0, 0.05) is 45.4 Å². The summed E-state index contributed by atoms with van der Waals surface area (Å²) in [6, 6.07) is 19.5. The van der Waals surface area contributed by atoms with Gasteiger partial charge in [0.2, 0.25) is 0 Å². The maximum absolute atomic E-state index is 7.95. The summed E-state index contributed by atoms with van der Waals surface area (Å²) in [5.41, 5.74) is 12.4. The maximum Gasteiger partial charge on any atom is 0.0958 e. The minimum absolute atomic E-state index is 0. The summed E-state index contributed by atoms with van der Waals surface area (Å²) in [5.74, 6) is 0.801. The maximum atomic E-state index is 7.95. The van der Waals surface area contributed by atoms with Crippen LogP contribution in [0.3, 0.4) is 0 Å². The number of rotatable bonds is 3. The molecule has 0 aliphatic heterocycles. The summed E-state index contributed by atoms with van der Waals surface area (Å²) in [6.07, 6.45) is 5.35. The molecule has 0 aliphatic rings. The topological polar surface area (TPSA) is 80.3 Å². The molecule has 0 unspecified atom stereocenters. The first kappa shape index (κ1) is 22.6. The molecule has 0 fully saturated rings. The molecule has 0 bridgehead atoms. The first-order valence-corrected chi connectivity index (χ1v) is 9.91. The number of hydrogen-bond donors (Lipinski definition) is 0. The Morgan fingerprint density at radius 1 is 0.839 bits per heavy atom. The van der Waals surface area contributed by atoms with Gasteiger partial charge in [-0.05, 0) is 41.5 Å². The van der Waals surface area contributed by atoms with Gasteiger partial charge in [0.15, 0.2) is 0 Å². The second kappa shape index (κ2) is 10.3. The minimum Gasteiger partial charge on any atom is -0.480 e. The molecule has 1 N–H and O–H groups in total. The predicted octanol–water partition coefficient (Wildman–Crippen LogP) is 6.07. The summed E-state index contributed by atoms with van der Waals surface area (Å²) in [4.78, 5) is 17.0. The van der Waals surface area contributed by atoms with Crippen LogP contribution in [0.25, 0.3) is 39.1 Å². The van der Waals surface area contributed by atoms with Gasteiger partial charge in [0.1, 0.15) is 0 Å². The molecule has 160 valence electrons. The molecule has 6 nitrogen and oxygen atoms in total. The van der Waals surface area contributed by atoms with E-state index in [4.69, 9.17) is 5.73 Å². The van der Waals surface area contributed by atoms with Crippen LogP contribution in [0.2, 0.25) is 0 Å². The van der Waals surface area contributed by atoms with E-state index in [2.05, 4.69) is 38.4 Å². The van der Waals surface area contributed by atoms with Crippen molar-refractivity contribution in [3.63, 3.8) is 0 Å². The van der Waals surface area contributed by atoms with Crippen molar-refractivity contribution in [3.05, 3.63) is 85.1 Å². The number of hydrogen-bond acceptors (Lipinski definition) is 4. The molecule has 0 saturated heterocycles. The molecule has 7 heteroatoms. The monoisotopic (exact) mass is 590 g/mol. The van der Waals surface area contributed by atoms with Gasteiger partial charge < -0.3 is 15.3 Å². The third-order valence-electron chi connectivity index (χ3n) is 4.61. The molecule has 0 aliphatic carbocycles. The van der Waals surface area contributed by atoms with Gasteiger partial charge in [0.25, 0.3) is 0 Å². The minimum atomic E-state index is 0. The van der Waals surface area contributed by atoms with Gasteiger partial charge in [-0.2, -0.15) is 0 Å². The van der Waals surface area contributed by atoms with Crippen molar-refractivity contribution < 1.29 is 21.1 Å². The van der Waals surface area contributed by atoms with E-state index in [9.17, 15) is 0 Å². The van der Waals surface area contributed by atoms with Gasteiger partial charge in [0.05, 0.1) is 28.7 Å². The fourth-order valence-corrected chi connectivity index (χ4v) is 3.34. The van der Waals surface area contributed by atoms with Crippen LogP contribution in [0, 0.1) is 5.92 Å². The van der Waals surface area contributed by atoms with Gasteiger partial charge in [-0.3, -0.25) is 9.97 Å². The molecule has 31 heavy (non-hydrogen) atoms. The number of nitrogens with one attached hydrogen (secondary N) is 1. The Bertz CT molecular complexity index is 1220. The summed E-state index contributed by atoms with van der Waals surface area (Å²) in [5, 5.41) is 1.07. The third kappa shape index (κ3) is 5.15. The molecule has 4 aromatic heterocycles. The summed E-state index contributed by atoms with van der Waals surface area (Å²) < 4.78 is 2.13. The average molecular weight is 591 g/mol. The Morgan fingerprint density at radius 2 is 1.45 bits per heavy atom. The Morgan fingerprint density at radius 3 is 2.03 bits per heavy atom. The largest absolute Gasteiger partial charge is 0.480 e. The molecule has 0 radical (unpaired) electrons. The van der Waals surface area contributed by atoms with Crippen LogP contribution in [0.15, 0.2) is 79.4 Å². The van der Waals surface area contributed by atoms with Crippen LogP contribution < -0.4 is 0 Å². The first-order valence-electron chi connectivity index (χ1n) is 9.91. The van der Waals surface area contributed by atoms with E-state index in [0.717, 1.165) is 34.4 Å². The van der Waals surface area contributed by atoms with E-state index in [1.807, 2.05) is 67.0 Å². The zero-order valence-corrected chi connectivity index (χ0v) is 19.6. The number of benzene rings is 1. The molecule has 0 spiro atoms. The molecule has 4 heterocycles. The number of para-hydroxylation sites is 1. The average Bonchev–Trinajstić information content (AvgIpc) is 3.20. The summed E-state index contributed by atoms with van der Waals surface area (Å²) in [6.45, 7) is 5.26. The zero-order valence-electron chi connectivity index (χ0n) is 17.3. The molecule has 1 aromatic carbocycles. The molecule has 0 amide bonds. The van der Waals surface area contributed by atoms with Crippen LogP contribution >= 0.6 is 0 Å². The second-order valence-electron chi connectivity index (χ2n) is 7.40. The fraction of sp³-hybridized carbons (Fsp3) is 0.167. The first-order chi connectivity index (χ1) is 14.6. The van der Waals surface area contributed by atoms with Crippen molar-refractivity contribution in [1.29, 1.82) is 0 Å². The van der Waals surface area contributed by atoms with Crippen LogP contribution in [0.4, 0.5) is 5.82 Å². The fourth-order valence-electron chi connectivity index (χ4n) is 3.34. The van der Waals surface area contributed by atoms with E-state index in [-0.39, 0.29) is 26.9 Å². The number of aromatic nitrogens is 5. The van der Waals surface area contributed by atoms with Crippen molar-refractivity contribution in [2.45, 2.75) is 20.4 Å². The van der Waals surface area contributed by atoms with E-state index in [1.165, 1.54) is 0 Å². The van der Waals surface area contributed by atoms with Crippen molar-refractivity contribution in [1.82, 2.24) is 24.5 Å². The van der Waals surface area contributed by atoms with Crippen molar-refractivity contribution >= 4 is 27.8 Å². The van der Waals surface area contributed by atoms with E-state index in [0.29, 0.717) is 11.4 Å². The second-order valence-corrected chi connectivity index (χ2v) is 7.40. The number of imidazole rings is 1. The van der Waals surface area contributed by atoms with Gasteiger partial charge in [-0.1, -0.05) is 50.2 Å². The Labute approximate surface area is 195 Å². The number of fused-ring (bicyclic) bond motifs is 3. The molecule has 0 saturated carbocycles. The normalized spacial score (nSPS) is 10.5. The van der Waals surface area contributed by atoms with E-state index in [1.54, 1.807) is 12.4 Å². The number of pyridine rings is 3. The third-order valence-corrected chi connectivity index (χ3v) is 4.61. The summed E-state index contributed by atoms with van der Waals surface area (Å²) in [7, 11) is 0. The van der Waals surface area contributed by atoms with Gasteiger partial charge in [-0.15, -0.1) is 0 Å². The van der Waals surface area contributed by atoms with E-state index < -0.39 is 0 Å². The molecule has 5 rings (SSSR count). The van der Waals surface area contributed by atoms with Crippen molar-refractivity contribution in [2.24, 2.45) is 5.92 Å².